The number of para-hydroxylation sites is 1. The van der Waals surface area contributed by atoms with Gasteiger partial charge in [-0.25, -0.2) is 10.4 Å². The number of ether oxygens (including phenoxy) is 1. The summed E-state index contributed by atoms with van der Waals surface area (Å²) in [4.78, 5) is 28.6. The number of benzene rings is 3. The molecule has 0 aliphatic rings. The normalized spacial score (nSPS) is 11.0. The van der Waals surface area contributed by atoms with Gasteiger partial charge in [0.25, 0.3) is 11.8 Å². The first-order chi connectivity index (χ1) is 16.5. The van der Waals surface area contributed by atoms with Crippen molar-refractivity contribution in [1.29, 1.82) is 0 Å². The maximum Gasteiger partial charge on any atom is 0.262 e. The average Bonchev–Trinajstić information content (AvgIpc) is 3.27. The van der Waals surface area contributed by atoms with Crippen molar-refractivity contribution < 1.29 is 14.3 Å². The highest BCUT2D eigenvalue weighted by Crippen LogP contribution is 2.29. The lowest BCUT2D eigenvalue weighted by Crippen LogP contribution is -2.20. The third-order valence-electron chi connectivity index (χ3n) is 4.59. The van der Waals surface area contributed by atoms with Gasteiger partial charge in [0.05, 0.1) is 22.2 Å². The van der Waals surface area contributed by atoms with Crippen LogP contribution in [0.3, 0.4) is 0 Å². The molecule has 4 aromatic rings. The Kier molecular flexibility index (Phi) is 7.90. The van der Waals surface area contributed by atoms with Crippen molar-refractivity contribution in [3.63, 3.8) is 0 Å². The van der Waals surface area contributed by atoms with Gasteiger partial charge in [-0.3, -0.25) is 9.59 Å². The molecule has 0 saturated heterocycles. The summed E-state index contributed by atoms with van der Waals surface area (Å²) in [7, 11) is 0. The lowest BCUT2D eigenvalue weighted by Gasteiger charge is -2.08. The summed E-state index contributed by atoms with van der Waals surface area (Å²) in [6.45, 7) is 1.89. The molecule has 1 aromatic heterocycles. The number of hydrogen-bond acceptors (Lipinski definition) is 7. The number of nitrogens with zero attached hydrogens (tertiary/aromatic N) is 2. The second-order valence-electron chi connectivity index (χ2n) is 7.30. The predicted octanol–water partition coefficient (Wildman–Crippen LogP) is 4.86. The Morgan fingerprint density at radius 1 is 1.03 bits per heavy atom. The summed E-state index contributed by atoms with van der Waals surface area (Å²) in [6, 6.07) is 22.5. The van der Waals surface area contributed by atoms with Crippen LogP contribution in [0.1, 0.15) is 11.1 Å². The Labute approximate surface area is 205 Å². The molecular weight excluding hydrogens is 468 g/mol. The first-order valence-corrected chi connectivity index (χ1v) is 12.2. The van der Waals surface area contributed by atoms with Crippen LogP contribution < -0.4 is 15.5 Å². The molecule has 0 spiro atoms. The van der Waals surface area contributed by atoms with Gasteiger partial charge in [0.2, 0.25) is 0 Å². The van der Waals surface area contributed by atoms with Crippen LogP contribution in [0.15, 0.2) is 82.2 Å². The van der Waals surface area contributed by atoms with Gasteiger partial charge in [-0.2, -0.15) is 5.10 Å². The molecule has 7 nitrogen and oxygen atoms in total. The highest BCUT2D eigenvalue weighted by molar-refractivity contribution is 8.01. The molecule has 9 heteroatoms. The largest absolute Gasteiger partial charge is 0.484 e. The molecule has 1 heterocycles. The second-order valence-corrected chi connectivity index (χ2v) is 9.55. The number of amides is 2. The number of anilines is 1. The molecule has 172 valence electrons. The quantitative estimate of drug-likeness (QED) is 0.198. The fourth-order valence-corrected chi connectivity index (χ4v) is 4.74. The maximum absolute atomic E-state index is 12.0. The number of aryl methyl sites for hydroxylation is 1. The molecule has 0 saturated carbocycles. The van der Waals surface area contributed by atoms with E-state index in [4.69, 9.17) is 4.74 Å². The van der Waals surface area contributed by atoms with E-state index in [2.05, 4.69) is 20.8 Å². The number of hydrazone groups is 1. The number of fused-ring (bicyclic) bond motifs is 1. The van der Waals surface area contributed by atoms with Crippen LogP contribution >= 0.6 is 23.1 Å². The van der Waals surface area contributed by atoms with Crippen molar-refractivity contribution in [2.75, 3.05) is 17.7 Å². The second kappa shape index (κ2) is 11.4. The molecule has 0 radical (unpaired) electrons. The number of carbonyl (C=O) groups excluding carboxylic acids is 2. The van der Waals surface area contributed by atoms with Crippen LogP contribution in [-0.2, 0) is 9.59 Å². The molecule has 0 bridgehead atoms. The summed E-state index contributed by atoms with van der Waals surface area (Å²) in [5.41, 5.74) is 6.10. The Morgan fingerprint density at radius 3 is 2.56 bits per heavy atom. The molecule has 2 amide bonds. The first-order valence-electron chi connectivity index (χ1n) is 10.4. The summed E-state index contributed by atoms with van der Waals surface area (Å²) >= 11 is 2.95. The fourth-order valence-electron chi connectivity index (χ4n) is 2.88. The van der Waals surface area contributed by atoms with Crippen LogP contribution in [0.2, 0.25) is 0 Å². The standard InChI is InChI=1S/C25H22N4O3S2/c1-17-6-10-19(11-7-17)27-23(30)15-32-20-12-8-18(9-13-20)14-26-29-24(31)16-33-25-28-21-4-2-3-5-22(21)34-25/h2-14H,15-16H2,1H3,(H,27,30)(H,29,31)/b26-14-. The molecule has 2 N–H and O–H groups in total. The van der Waals surface area contributed by atoms with Gasteiger partial charge >= 0.3 is 0 Å². The highest BCUT2D eigenvalue weighted by Gasteiger charge is 2.07. The monoisotopic (exact) mass is 490 g/mol. The Bertz CT molecular complexity index is 1270. The lowest BCUT2D eigenvalue weighted by molar-refractivity contribution is -0.119. The zero-order valence-electron chi connectivity index (χ0n) is 18.4. The van der Waals surface area contributed by atoms with Crippen LogP contribution in [-0.4, -0.2) is 35.4 Å². The van der Waals surface area contributed by atoms with Gasteiger partial charge in [0.15, 0.2) is 10.9 Å². The van der Waals surface area contributed by atoms with Gasteiger partial charge in [-0.1, -0.05) is 41.6 Å². The molecule has 0 unspecified atom stereocenters. The predicted molar refractivity (Wildman–Crippen MR) is 138 cm³/mol. The number of thioether (sulfide) groups is 1. The first kappa shape index (κ1) is 23.5. The van der Waals surface area contributed by atoms with E-state index in [1.165, 1.54) is 11.8 Å². The average molecular weight is 491 g/mol. The number of hydrogen-bond donors (Lipinski definition) is 2. The summed E-state index contributed by atoms with van der Waals surface area (Å²) < 4.78 is 7.47. The highest BCUT2D eigenvalue weighted by atomic mass is 32.2. The van der Waals surface area contributed by atoms with Crippen molar-refractivity contribution in [1.82, 2.24) is 10.4 Å². The van der Waals surface area contributed by atoms with E-state index < -0.39 is 0 Å². The molecule has 0 fully saturated rings. The lowest BCUT2D eigenvalue weighted by atomic mass is 10.2. The van der Waals surface area contributed by atoms with Gasteiger partial charge in [-0.15, -0.1) is 11.3 Å². The molecule has 4 rings (SSSR count). The summed E-state index contributed by atoms with van der Waals surface area (Å²) in [5.74, 6) is 0.350. The fraction of sp³-hybridized carbons (Fsp3) is 0.120. The van der Waals surface area contributed by atoms with E-state index in [0.717, 1.165) is 31.4 Å². The molecule has 34 heavy (non-hydrogen) atoms. The van der Waals surface area contributed by atoms with Crippen molar-refractivity contribution in [3.8, 4) is 5.75 Å². The maximum atomic E-state index is 12.0. The minimum Gasteiger partial charge on any atom is -0.484 e. The minimum atomic E-state index is -0.235. The number of aromatic nitrogens is 1. The van der Waals surface area contributed by atoms with E-state index in [9.17, 15) is 9.59 Å². The third kappa shape index (κ3) is 6.90. The van der Waals surface area contributed by atoms with Crippen LogP contribution in [0.25, 0.3) is 10.2 Å². The van der Waals surface area contributed by atoms with Gasteiger partial charge in [-0.05, 0) is 61.0 Å². The Balaban J connectivity index is 1.18. The van der Waals surface area contributed by atoms with Gasteiger partial charge in [0.1, 0.15) is 5.75 Å². The summed E-state index contributed by atoms with van der Waals surface area (Å²) in [6.07, 6.45) is 1.55. The Morgan fingerprint density at radius 2 is 1.79 bits per heavy atom. The number of carbonyl (C=O) groups is 2. The molecular formula is C25H22N4O3S2. The molecule has 0 atom stereocenters. The minimum absolute atomic E-state index is 0.0936. The molecule has 0 aliphatic carbocycles. The van der Waals surface area contributed by atoms with Crippen LogP contribution in [0, 0.1) is 6.92 Å². The van der Waals surface area contributed by atoms with Gasteiger partial charge < -0.3 is 10.1 Å². The number of nitrogens with one attached hydrogen (secondary N) is 2. The zero-order chi connectivity index (χ0) is 23.8. The number of thiazole rings is 1. The molecule has 3 aromatic carbocycles. The topological polar surface area (TPSA) is 92.7 Å². The SMILES string of the molecule is Cc1ccc(NC(=O)COc2ccc(/C=N\NC(=O)CSc3nc4ccccc4s3)cc2)cc1. The summed E-state index contributed by atoms with van der Waals surface area (Å²) in [5, 5.41) is 6.78. The smallest absolute Gasteiger partial charge is 0.262 e. The van der Waals surface area contributed by atoms with Crippen molar-refractivity contribution >= 4 is 57.0 Å². The van der Waals surface area contributed by atoms with Crippen LogP contribution in [0.4, 0.5) is 5.69 Å². The third-order valence-corrected chi connectivity index (χ3v) is 6.77. The van der Waals surface area contributed by atoms with Crippen molar-refractivity contribution in [2.24, 2.45) is 5.10 Å². The Hall–Kier alpha value is -3.69. The molecule has 0 aliphatic heterocycles. The van der Waals surface area contributed by atoms with E-state index in [1.54, 1.807) is 41.8 Å². The van der Waals surface area contributed by atoms with Crippen molar-refractivity contribution in [3.05, 3.63) is 83.9 Å². The van der Waals surface area contributed by atoms with E-state index in [1.807, 2.05) is 55.5 Å². The van der Waals surface area contributed by atoms with Gasteiger partial charge in [0, 0.05) is 5.69 Å². The van der Waals surface area contributed by atoms with E-state index >= 15 is 0 Å². The number of rotatable bonds is 9. The van der Waals surface area contributed by atoms with Crippen molar-refractivity contribution in [2.45, 2.75) is 11.3 Å². The zero-order valence-corrected chi connectivity index (χ0v) is 20.0. The van der Waals surface area contributed by atoms with Crippen LogP contribution in [0.5, 0.6) is 5.75 Å². The van der Waals surface area contributed by atoms with E-state index in [0.29, 0.717) is 5.75 Å². The van der Waals surface area contributed by atoms with E-state index in [-0.39, 0.29) is 24.2 Å².